The molecule has 0 saturated carbocycles. The standard InChI is InChI=1S/C24H26N2O2S.CH3.ClH.Ru/c1-18(2)20-15-13-19(14-16-20)17-29(27,28)26-24(22-11-7-4-8-12-22)23(25)21-9-5-3-6-10-21;;;/h3-16,18,23-25H,17H2,1-2H3;1H3;1H;/q-2;-1;;+4/p-1. The van der Waals surface area contributed by atoms with E-state index in [1.165, 1.54) is 5.56 Å². The van der Waals surface area contributed by atoms with Gasteiger partial charge in [0, 0.05) is 0 Å². The predicted octanol–water partition coefficient (Wildman–Crippen LogP) is 7.69. The Morgan fingerprint density at radius 3 is 1.75 bits per heavy atom. The van der Waals surface area contributed by atoms with Crippen molar-refractivity contribution in [3.8, 4) is 0 Å². The van der Waals surface area contributed by atoms with Crippen LogP contribution in [0.2, 0.25) is 0 Å². The van der Waals surface area contributed by atoms with E-state index in [4.69, 9.17) is 5.73 Å². The third kappa shape index (κ3) is 8.42. The van der Waals surface area contributed by atoms with E-state index in [9.17, 15) is 8.42 Å². The van der Waals surface area contributed by atoms with Gasteiger partial charge in [-0.3, -0.25) is 0 Å². The van der Waals surface area contributed by atoms with Gasteiger partial charge in [0.25, 0.3) is 0 Å². The minimum atomic E-state index is -3.76. The predicted molar refractivity (Wildman–Crippen MR) is 131 cm³/mol. The monoisotopic (exact) mass is 558 g/mol. The second-order valence-electron chi connectivity index (χ2n) is 7.47. The molecule has 7 heteroatoms. The molecule has 0 aliphatic rings. The first-order chi connectivity index (χ1) is 14.9. The Balaban J connectivity index is 0.00000166. The molecule has 1 N–H and O–H groups in total. The Kier molecular flexibility index (Phi) is 12.3. The zero-order chi connectivity index (χ0) is 22.9. The van der Waals surface area contributed by atoms with Crippen LogP contribution in [0, 0.1) is 7.43 Å². The van der Waals surface area contributed by atoms with E-state index >= 15 is 0 Å². The van der Waals surface area contributed by atoms with Crippen LogP contribution in [0.4, 0.5) is 0 Å². The molecule has 0 aliphatic carbocycles. The van der Waals surface area contributed by atoms with Gasteiger partial charge >= 0.3 is 27.0 Å². The summed E-state index contributed by atoms with van der Waals surface area (Å²) in [5.74, 6) is 0.221. The van der Waals surface area contributed by atoms with Crippen molar-refractivity contribution in [1.29, 1.82) is 0 Å². The van der Waals surface area contributed by atoms with Crippen LogP contribution in [0.25, 0.3) is 10.5 Å². The zero-order valence-electron chi connectivity index (χ0n) is 18.4. The van der Waals surface area contributed by atoms with E-state index in [1.807, 2.05) is 102 Å². The molecule has 0 bridgehead atoms. The fraction of sp³-hybridized carbons (Fsp3) is 0.240. The van der Waals surface area contributed by atoms with Crippen LogP contribution in [-0.4, -0.2) is 8.42 Å². The second-order valence-corrected chi connectivity index (χ2v) is 9.14. The molecule has 0 amide bonds. The first-order valence-corrected chi connectivity index (χ1v) is 13.7. The van der Waals surface area contributed by atoms with Gasteiger partial charge in [0.15, 0.2) is 0 Å². The normalized spacial score (nSPS) is 12.8. The summed E-state index contributed by atoms with van der Waals surface area (Å²) in [7, 11) is 0.806. The number of sulfonamides is 1. The third-order valence-corrected chi connectivity index (χ3v) is 6.13. The Morgan fingerprint density at radius 2 is 1.28 bits per heavy atom. The molecule has 0 fully saturated rings. The van der Waals surface area contributed by atoms with Crippen molar-refractivity contribution >= 4 is 19.7 Å². The van der Waals surface area contributed by atoms with Crippen molar-refractivity contribution in [2.24, 2.45) is 0 Å². The van der Waals surface area contributed by atoms with Gasteiger partial charge in [0.1, 0.15) is 0 Å². The van der Waals surface area contributed by atoms with Crippen LogP contribution in [0.1, 0.15) is 54.1 Å². The van der Waals surface area contributed by atoms with Gasteiger partial charge in [0.05, 0.1) is 15.8 Å². The number of hydrogen-bond acceptors (Lipinski definition) is 2. The van der Waals surface area contributed by atoms with Crippen molar-refractivity contribution in [1.82, 2.24) is 0 Å². The molecule has 0 radical (unpaired) electrons. The average Bonchev–Trinajstić information content (AvgIpc) is 2.79. The van der Waals surface area contributed by atoms with Crippen LogP contribution in [-0.2, 0) is 33.1 Å². The molecule has 2 unspecified atom stereocenters. The molecule has 3 aromatic rings. The Labute approximate surface area is 207 Å². The Hall–Kier alpha value is -1.56. The fourth-order valence-corrected chi connectivity index (χ4v) is 4.50. The van der Waals surface area contributed by atoms with Crippen LogP contribution in [0.3, 0.4) is 0 Å². The van der Waals surface area contributed by atoms with E-state index in [2.05, 4.69) is 28.3 Å². The van der Waals surface area contributed by atoms with Crippen LogP contribution in [0.15, 0.2) is 84.9 Å². The number of nitrogens with zero attached hydrogens (tertiary/aromatic N) is 1. The summed E-state index contributed by atoms with van der Waals surface area (Å²) < 4.78 is 30.0. The van der Waals surface area contributed by atoms with Gasteiger partial charge < -0.3 is 17.9 Å². The molecule has 3 aromatic carbocycles. The summed E-state index contributed by atoms with van der Waals surface area (Å²) >= 11 is 1.82. The second kappa shape index (κ2) is 13.9. The van der Waals surface area contributed by atoms with Gasteiger partial charge in [-0.25, -0.2) is 8.42 Å². The fourth-order valence-electron chi connectivity index (χ4n) is 3.23. The average molecular weight is 558 g/mol. The number of benzene rings is 3. The van der Waals surface area contributed by atoms with Crippen LogP contribution >= 0.6 is 9.69 Å². The first kappa shape index (κ1) is 28.5. The van der Waals surface area contributed by atoms with Gasteiger partial charge in [-0.2, -0.15) is 0 Å². The Bertz CT molecular complexity index is 1010. The molecule has 2 atom stereocenters. The number of nitrogens with one attached hydrogen (secondary N) is 1. The van der Waals surface area contributed by atoms with E-state index in [0.29, 0.717) is 11.5 Å². The molecule has 0 aliphatic heterocycles. The van der Waals surface area contributed by atoms with Crippen molar-refractivity contribution in [3.05, 3.63) is 125 Å². The summed E-state index contributed by atoms with van der Waals surface area (Å²) in [5, 5.41) is 0. The number of hydrogen-bond donors (Lipinski definition) is 0. The van der Waals surface area contributed by atoms with Crippen molar-refractivity contribution in [2.75, 3.05) is 0 Å². The SMILES string of the molecule is CC(C)c1ccc(CS(=O)(=O)[N-]C(c2ccccc2)C([NH-])c2ccccc2)cc1.[CH3-].[Cl][Ru+3]. The van der Waals surface area contributed by atoms with Gasteiger partial charge in [-0.05, 0) is 17.0 Å². The van der Waals surface area contributed by atoms with Crippen molar-refractivity contribution in [3.63, 3.8) is 0 Å². The Morgan fingerprint density at radius 1 is 0.812 bits per heavy atom. The quantitative estimate of drug-likeness (QED) is 0.210. The van der Waals surface area contributed by atoms with Gasteiger partial charge in [-0.1, -0.05) is 110 Å². The van der Waals surface area contributed by atoms with E-state index < -0.39 is 22.1 Å². The molecule has 32 heavy (non-hydrogen) atoms. The zero-order valence-corrected chi connectivity index (χ0v) is 21.7. The molecule has 172 valence electrons. The molecule has 4 nitrogen and oxygen atoms in total. The van der Waals surface area contributed by atoms with E-state index in [0.717, 1.165) is 11.1 Å². The van der Waals surface area contributed by atoms with Crippen molar-refractivity contribution in [2.45, 2.75) is 37.6 Å². The summed E-state index contributed by atoms with van der Waals surface area (Å²) in [4.78, 5) is 0. The van der Waals surface area contributed by atoms with Crippen LogP contribution < -0.4 is 0 Å². The summed E-state index contributed by atoms with van der Waals surface area (Å²) in [5.41, 5.74) is 12.0. The maximum atomic E-state index is 12.9. The third-order valence-electron chi connectivity index (χ3n) is 4.89. The molecule has 0 spiro atoms. The molecular weight excluding hydrogens is 529 g/mol. The molecule has 0 aromatic heterocycles. The van der Waals surface area contributed by atoms with Crippen molar-refractivity contribution < 1.29 is 25.7 Å². The van der Waals surface area contributed by atoms with Gasteiger partial charge in [0.2, 0.25) is 0 Å². The van der Waals surface area contributed by atoms with E-state index in [-0.39, 0.29) is 13.2 Å². The molecule has 3 rings (SSSR count). The summed E-state index contributed by atoms with van der Waals surface area (Å²) in [6.07, 6.45) is 0. The number of rotatable bonds is 8. The maximum absolute atomic E-state index is 12.9. The minimum absolute atomic E-state index is 0. The summed E-state index contributed by atoms with van der Waals surface area (Å²) in [6, 6.07) is 24.4. The van der Waals surface area contributed by atoms with Gasteiger partial charge in [-0.15, -0.1) is 12.1 Å². The van der Waals surface area contributed by atoms with E-state index in [1.54, 1.807) is 0 Å². The molecule has 0 saturated heterocycles. The first-order valence-electron chi connectivity index (χ1n) is 9.84. The van der Waals surface area contributed by atoms with Crippen LogP contribution in [0.5, 0.6) is 0 Å². The molecular formula is C25H29ClN2O2RuS. The topological polar surface area (TPSA) is 72.0 Å². The molecule has 0 heterocycles. The summed E-state index contributed by atoms with van der Waals surface area (Å²) in [6.45, 7) is 4.20. The number of halogens is 1.